The van der Waals surface area contributed by atoms with Crippen molar-refractivity contribution in [3.8, 4) is 0 Å². The second kappa shape index (κ2) is 5.22. The summed E-state index contributed by atoms with van der Waals surface area (Å²) in [5.74, 6) is 0.668. The van der Waals surface area contributed by atoms with E-state index in [1.54, 1.807) is 0 Å². The molecule has 2 atom stereocenters. The average Bonchev–Trinajstić information content (AvgIpc) is 2.40. The molecule has 0 bridgehead atoms. The molecule has 3 heteroatoms. The smallest absolute Gasteiger partial charge is 0.0686 e. The molecule has 0 radical (unpaired) electrons. The molecule has 2 aliphatic rings. The minimum atomic E-state index is 0.216. The normalized spacial score (nSPS) is 26.9. The Bertz CT molecular complexity index is 442. The third kappa shape index (κ3) is 2.41. The maximum absolute atomic E-state index is 6.05. The van der Waals surface area contributed by atoms with Crippen LogP contribution in [0.15, 0.2) is 18.3 Å². The SMILES string of the molecule is CNC(c1cccnc1C)C1CCOC2(CCC2)C1. The van der Waals surface area contributed by atoms with Crippen LogP contribution in [0.2, 0.25) is 0 Å². The number of nitrogens with one attached hydrogen (secondary N) is 1. The first-order valence-electron chi connectivity index (χ1n) is 7.47. The molecule has 1 aromatic heterocycles. The first-order chi connectivity index (χ1) is 9.24. The quantitative estimate of drug-likeness (QED) is 0.907. The summed E-state index contributed by atoms with van der Waals surface area (Å²) in [5, 5.41) is 3.52. The van der Waals surface area contributed by atoms with Gasteiger partial charge in [-0.25, -0.2) is 0 Å². The Labute approximate surface area is 115 Å². The lowest BCUT2D eigenvalue weighted by Gasteiger charge is -2.49. The summed E-state index contributed by atoms with van der Waals surface area (Å²) in [4.78, 5) is 4.44. The van der Waals surface area contributed by atoms with E-state index in [9.17, 15) is 0 Å². The lowest BCUT2D eigenvalue weighted by molar-refractivity contribution is -0.147. The largest absolute Gasteiger partial charge is 0.375 e. The topological polar surface area (TPSA) is 34.2 Å². The maximum atomic E-state index is 6.05. The van der Waals surface area contributed by atoms with Crippen LogP contribution in [-0.2, 0) is 4.74 Å². The third-order valence-electron chi connectivity index (χ3n) is 4.96. The van der Waals surface area contributed by atoms with Gasteiger partial charge in [-0.2, -0.15) is 0 Å². The summed E-state index contributed by atoms with van der Waals surface area (Å²) in [6.45, 7) is 3.03. The molecule has 19 heavy (non-hydrogen) atoms. The molecule has 0 aromatic carbocycles. The fraction of sp³-hybridized carbons (Fsp3) is 0.688. The highest BCUT2D eigenvalue weighted by Gasteiger charge is 2.44. The van der Waals surface area contributed by atoms with Crippen molar-refractivity contribution < 1.29 is 4.74 Å². The molecule has 2 heterocycles. The molecule has 1 spiro atoms. The summed E-state index contributed by atoms with van der Waals surface area (Å²) in [6, 6.07) is 4.67. The van der Waals surface area contributed by atoms with Gasteiger partial charge in [-0.3, -0.25) is 4.98 Å². The molecule has 2 unspecified atom stereocenters. The summed E-state index contributed by atoms with van der Waals surface area (Å²) in [6.07, 6.45) is 8.08. The summed E-state index contributed by atoms with van der Waals surface area (Å²) >= 11 is 0. The monoisotopic (exact) mass is 260 g/mol. The molecular weight excluding hydrogens is 236 g/mol. The number of hydrogen-bond donors (Lipinski definition) is 1. The Balaban J connectivity index is 1.80. The lowest BCUT2D eigenvalue weighted by atomic mass is 9.69. The van der Waals surface area contributed by atoms with E-state index >= 15 is 0 Å². The first-order valence-corrected chi connectivity index (χ1v) is 7.47. The zero-order chi connectivity index (χ0) is 13.3. The van der Waals surface area contributed by atoms with Gasteiger partial charge in [0.25, 0.3) is 0 Å². The van der Waals surface area contributed by atoms with Crippen LogP contribution in [0.25, 0.3) is 0 Å². The molecular formula is C16H24N2O. The van der Waals surface area contributed by atoms with Crippen molar-refractivity contribution >= 4 is 0 Å². The second-order valence-electron chi connectivity index (χ2n) is 6.08. The van der Waals surface area contributed by atoms with Gasteiger partial charge in [0.15, 0.2) is 0 Å². The molecule has 1 aliphatic heterocycles. The van der Waals surface area contributed by atoms with Crippen molar-refractivity contribution in [2.75, 3.05) is 13.7 Å². The highest BCUT2D eigenvalue weighted by molar-refractivity contribution is 5.23. The molecule has 104 valence electrons. The molecule has 1 saturated carbocycles. The van der Waals surface area contributed by atoms with Gasteiger partial charge >= 0.3 is 0 Å². The maximum Gasteiger partial charge on any atom is 0.0686 e. The van der Waals surface area contributed by atoms with E-state index in [-0.39, 0.29) is 5.60 Å². The van der Waals surface area contributed by atoms with Crippen LogP contribution in [0.4, 0.5) is 0 Å². The van der Waals surface area contributed by atoms with E-state index in [4.69, 9.17) is 4.74 Å². The zero-order valence-corrected chi connectivity index (χ0v) is 12.0. The molecule has 1 aromatic rings. The highest BCUT2D eigenvalue weighted by atomic mass is 16.5. The van der Waals surface area contributed by atoms with Crippen molar-refractivity contribution in [2.45, 2.75) is 50.7 Å². The van der Waals surface area contributed by atoms with Gasteiger partial charge in [0, 0.05) is 24.5 Å². The van der Waals surface area contributed by atoms with Crippen LogP contribution in [0.5, 0.6) is 0 Å². The van der Waals surface area contributed by atoms with Crippen LogP contribution in [-0.4, -0.2) is 24.2 Å². The predicted octanol–water partition coefficient (Wildman–Crippen LogP) is 3.00. The van der Waals surface area contributed by atoms with Crippen LogP contribution in [0.1, 0.15) is 49.4 Å². The molecule has 1 aliphatic carbocycles. The first kappa shape index (κ1) is 13.1. The number of pyridine rings is 1. The van der Waals surface area contributed by atoms with Gasteiger partial charge < -0.3 is 10.1 Å². The predicted molar refractivity (Wildman–Crippen MR) is 76.0 cm³/mol. The van der Waals surface area contributed by atoms with E-state index < -0.39 is 0 Å². The minimum Gasteiger partial charge on any atom is -0.375 e. The van der Waals surface area contributed by atoms with Gasteiger partial charge in [-0.15, -0.1) is 0 Å². The molecule has 2 fully saturated rings. The standard InChI is InChI=1S/C16H24N2O/c1-12-14(5-3-9-18-12)15(17-2)13-6-10-19-16(11-13)7-4-8-16/h3,5,9,13,15,17H,4,6-8,10-11H2,1-2H3. The van der Waals surface area contributed by atoms with Crippen LogP contribution >= 0.6 is 0 Å². The van der Waals surface area contributed by atoms with E-state index in [1.807, 2.05) is 12.3 Å². The summed E-state index contributed by atoms with van der Waals surface area (Å²) < 4.78 is 6.05. The number of aryl methyl sites for hydroxylation is 1. The second-order valence-corrected chi connectivity index (χ2v) is 6.08. The number of nitrogens with zero attached hydrogens (tertiary/aromatic N) is 1. The van der Waals surface area contributed by atoms with Crippen LogP contribution in [0, 0.1) is 12.8 Å². The fourth-order valence-electron chi connectivity index (χ4n) is 3.74. The van der Waals surface area contributed by atoms with Crippen molar-refractivity contribution in [2.24, 2.45) is 5.92 Å². The number of rotatable bonds is 3. The van der Waals surface area contributed by atoms with Crippen molar-refractivity contribution in [1.82, 2.24) is 10.3 Å². The van der Waals surface area contributed by atoms with E-state index in [0.29, 0.717) is 12.0 Å². The van der Waals surface area contributed by atoms with Crippen molar-refractivity contribution in [3.63, 3.8) is 0 Å². The Kier molecular flexibility index (Phi) is 3.59. The number of hydrogen-bond acceptors (Lipinski definition) is 3. The average molecular weight is 260 g/mol. The van der Waals surface area contributed by atoms with Crippen molar-refractivity contribution in [1.29, 1.82) is 0 Å². The Morgan fingerprint density at radius 3 is 2.95 bits per heavy atom. The molecule has 1 N–H and O–H groups in total. The molecule has 3 rings (SSSR count). The number of ether oxygens (including phenoxy) is 1. The highest BCUT2D eigenvalue weighted by Crippen LogP contribution is 2.47. The summed E-state index contributed by atoms with van der Waals surface area (Å²) in [5.41, 5.74) is 2.72. The van der Waals surface area contributed by atoms with Gasteiger partial charge in [-0.1, -0.05) is 6.07 Å². The summed E-state index contributed by atoms with van der Waals surface area (Å²) in [7, 11) is 2.07. The van der Waals surface area contributed by atoms with E-state index in [2.05, 4.69) is 30.3 Å². The molecule has 3 nitrogen and oxygen atoms in total. The van der Waals surface area contributed by atoms with E-state index in [0.717, 1.165) is 18.7 Å². The number of aromatic nitrogens is 1. The van der Waals surface area contributed by atoms with E-state index in [1.165, 1.54) is 31.2 Å². The van der Waals surface area contributed by atoms with Crippen molar-refractivity contribution in [3.05, 3.63) is 29.6 Å². The fourth-order valence-corrected chi connectivity index (χ4v) is 3.74. The van der Waals surface area contributed by atoms with Crippen LogP contribution in [0.3, 0.4) is 0 Å². The Morgan fingerprint density at radius 2 is 2.32 bits per heavy atom. The van der Waals surface area contributed by atoms with Crippen LogP contribution < -0.4 is 5.32 Å². The third-order valence-corrected chi connectivity index (χ3v) is 4.96. The zero-order valence-electron chi connectivity index (χ0n) is 12.0. The lowest BCUT2D eigenvalue weighted by Crippen LogP contribution is -2.47. The molecule has 1 saturated heterocycles. The Morgan fingerprint density at radius 1 is 1.47 bits per heavy atom. The van der Waals surface area contributed by atoms with Gasteiger partial charge in [0.1, 0.15) is 0 Å². The minimum absolute atomic E-state index is 0.216. The van der Waals surface area contributed by atoms with Gasteiger partial charge in [0.05, 0.1) is 5.60 Å². The molecule has 0 amide bonds. The van der Waals surface area contributed by atoms with Gasteiger partial charge in [-0.05, 0) is 63.6 Å². The Hall–Kier alpha value is -0.930. The van der Waals surface area contributed by atoms with Gasteiger partial charge in [0.2, 0.25) is 0 Å².